The van der Waals surface area contributed by atoms with Gasteiger partial charge in [-0.3, -0.25) is 14.4 Å². The van der Waals surface area contributed by atoms with Crippen LogP contribution < -0.4 is 15.4 Å². The second kappa shape index (κ2) is 7.85. The first-order valence-corrected chi connectivity index (χ1v) is 8.11. The zero-order valence-corrected chi connectivity index (χ0v) is 14.7. The number of rotatable bonds is 6. The van der Waals surface area contributed by atoms with Crippen LogP contribution in [0.4, 0.5) is 5.69 Å². The molecule has 1 aliphatic rings. The van der Waals surface area contributed by atoms with Gasteiger partial charge in [0.1, 0.15) is 6.04 Å². The van der Waals surface area contributed by atoms with E-state index in [9.17, 15) is 24.3 Å². The third-order valence-corrected chi connectivity index (χ3v) is 3.98. The molecule has 1 aromatic carbocycles. The van der Waals surface area contributed by atoms with Crippen molar-refractivity contribution in [3.05, 3.63) is 23.8 Å². The van der Waals surface area contributed by atoms with Gasteiger partial charge in [-0.2, -0.15) is 0 Å². The molecule has 0 spiro atoms. The van der Waals surface area contributed by atoms with Crippen LogP contribution in [0.3, 0.4) is 0 Å². The molecule has 0 saturated carbocycles. The summed E-state index contributed by atoms with van der Waals surface area (Å²) in [5, 5.41) is 14.5. The quantitative estimate of drug-likeness (QED) is 0.674. The summed E-state index contributed by atoms with van der Waals surface area (Å²) in [4.78, 5) is 48.3. The summed E-state index contributed by atoms with van der Waals surface area (Å²) in [6.07, 6.45) is -0.777. The summed E-state index contributed by atoms with van der Waals surface area (Å²) in [7, 11) is 0. The summed E-state index contributed by atoms with van der Waals surface area (Å²) < 4.78 is 5.55. The van der Waals surface area contributed by atoms with Crippen LogP contribution in [0.1, 0.15) is 31.1 Å². The van der Waals surface area contributed by atoms with E-state index in [0.29, 0.717) is 5.69 Å². The molecule has 0 bridgehead atoms. The van der Waals surface area contributed by atoms with E-state index in [1.807, 2.05) is 0 Å². The Labute approximate surface area is 150 Å². The molecule has 9 nitrogen and oxygen atoms in total. The highest BCUT2D eigenvalue weighted by Gasteiger charge is 2.32. The summed E-state index contributed by atoms with van der Waals surface area (Å²) >= 11 is 0. The minimum atomic E-state index is -1.17. The van der Waals surface area contributed by atoms with Crippen molar-refractivity contribution in [3.63, 3.8) is 0 Å². The van der Waals surface area contributed by atoms with E-state index in [-0.39, 0.29) is 36.2 Å². The number of hydrogen-bond donors (Lipinski definition) is 3. The molecule has 0 aromatic heterocycles. The highest BCUT2D eigenvalue weighted by atomic mass is 16.5. The molecular weight excluding hydrogens is 342 g/mol. The summed E-state index contributed by atoms with van der Waals surface area (Å²) in [6, 6.07) is 3.56. The zero-order valence-electron chi connectivity index (χ0n) is 14.7. The first-order chi connectivity index (χ1) is 12.2. The Kier molecular flexibility index (Phi) is 5.81. The Morgan fingerprint density at radius 3 is 2.69 bits per heavy atom. The van der Waals surface area contributed by atoms with E-state index >= 15 is 0 Å². The maximum atomic E-state index is 13.0. The van der Waals surface area contributed by atoms with E-state index < -0.39 is 24.0 Å². The number of aliphatic carboxylic acids is 1. The second-order valence-corrected chi connectivity index (χ2v) is 5.93. The Hall–Kier alpha value is -3.10. The van der Waals surface area contributed by atoms with Crippen LogP contribution in [0, 0.1) is 0 Å². The van der Waals surface area contributed by atoms with Gasteiger partial charge in [0.2, 0.25) is 5.91 Å². The molecule has 2 atom stereocenters. The Morgan fingerprint density at radius 2 is 2.08 bits per heavy atom. The van der Waals surface area contributed by atoms with Gasteiger partial charge in [-0.1, -0.05) is 6.07 Å². The molecule has 0 radical (unpaired) electrons. The summed E-state index contributed by atoms with van der Waals surface area (Å²) in [6.45, 7) is 4.39. The number of fused-ring (bicyclic) bond motifs is 1. The van der Waals surface area contributed by atoms with Gasteiger partial charge in [-0.05, 0) is 26.0 Å². The third kappa shape index (κ3) is 4.11. The van der Waals surface area contributed by atoms with Gasteiger partial charge in [0.05, 0.1) is 11.3 Å². The zero-order chi connectivity index (χ0) is 19.4. The molecule has 140 valence electrons. The summed E-state index contributed by atoms with van der Waals surface area (Å²) in [5.41, 5.74) is 0.494. The first kappa shape index (κ1) is 19.2. The van der Waals surface area contributed by atoms with Crippen LogP contribution in [0.25, 0.3) is 0 Å². The van der Waals surface area contributed by atoms with Gasteiger partial charge in [-0.15, -0.1) is 0 Å². The maximum Gasteiger partial charge on any atom is 0.326 e. The molecule has 2 unspecified atom stereocenters. The molecule has 2 rings (SSSR count). The lowest BCUT2D eigenvalue weighted by Gasteiger charge is -2.30. The van der Waals surface area contributed by atoms with Gasteiger partial charge in [0.15, 0.2) is 11.9 Å². The standard InChI is InChI=1S/C17H21N3O6/c1-9(17(24)25)20(8-7-18-11(3)21)16(23)12-5-4-6-13-14(12)26-10(2)15(22)19-13/h4-6,9-10H,7-8H2,1-3H3,(H,18,21)(H,19,22)(H,24,25). The van der Waals surface area contributed by atoms with Gasteiger partial charge in [0.25, 0.3) is 11.8 Å². The number of anilines is 1. The molecule has 0 saturated heterocycles. The predicted molar refractivity (Wildman–Crippen MR) is 92.0 cm³/mol. The fourth-order valence-electron chi connectivity index (χ4n) is 2.51. The first-order valence-electron chi connectivity index (χ1n) is 8.11. The van der Waals surface area contributed by atoms with Crippen LogP contribution >= 0.6 is 0 Å². The lowest BCUT2D eigenvalue weighted by molar-refractivity contribution is -0.141. The number of hydrogen-bond acceptors (Lipinski definition) is 5. The minimum absolute atomic E-state index is 0.0114. The van der Waals surface area contributed by atoms with E-state index in [0.717, 1.165) is 4.90 Å². The third-order valence-electron chi connectivity index (χ3n) is 3.98. The molecule has 0 fully saturated rings. The van der Waals surface area contributed by atoms with Crippen molar-refractivity contribution in [3.8, 4) is 5.75 Å². The van der Waals surface area contributed by atoms with Gasteiger partial charge in [-0.25, -0.2) is 4.79 Å². The molecular formula is C17H21N3O6. The number of nitrogens with one attached hydrogen (secondary N) is 2. The SMILES string of the molecule is CC(=O)NCCN(C(=O)c1cccc2c1OC(C)C(=O)N2)C(C)C(=O)O. The lowest BCUT2D eigenvalue weighted by Crippen LogP contribution is -2.47. The van der Waals surface area contributed by atoms with Crippen molar-refractivity contribution in [1.82, 2.24) is 10.2 Å². The molecule has 9 heteroatoms. The van der Waals surface area contributed by atoms with Gasteiger partial charge >= 0.3 is 5.97 Å². The van der Waals surface area contributed by atoms with E-state index in [4.69, 9.17) is 4.74 Å². The molecule has 3 amide bonds. The lowest BCUT2D eigenvalue weighted by atomic mass is 10.1. The normalized spacial score (nSPS) is 16.6. The van der Waals surface area contributed by atoms with Crippen LogP contribution in [0.2, 0.25) is 0 Å². The topological polar surface area (TPSA) is 125 Å². The van der Waals surface area contributed by atoms with Crippen LogP contribution in [0.15, 0.2) is 18.2 Å². The monoisotopic (exact) mass is 363 g/mol. The fraction of sp³-hybridized carbons (Fsp3) is 0.412. The Balaban J connectivity index is 2.33. The highest BCUT2D eigenvalue weighted by Crippen LogP contribution is 2.34. The Morgan fingerprint density at radius 1 is 1.38 bits per heavy atom. The number of carbonyl (C=O) groups excluding carboxylic acids is 3. The largest absolute Gasteiger partial charge is 0.480 e. The highest BCUT2D eigenvalue weighted by molar-refractivity contribution is 6.04. The van der Waals surface area contributed by atoms with Crippen molar-refractivity contribution in [2.75, 3.05) is 18.4 Å². The summed E-state index contributed by atoms with van der Waals surface area (Å²) in [5.74, 6) is -2.15. The van der Waals surface area contributed by atoms with Crippen molar-refractivity contribution >= 4 is 29.4 Å². The van der Waals surface area contributed by atoms with Crippen molar-refractivity contribution in [2.45, 2.75) is 32.9 Å². The molecule has 0 aliphatic carbocycles. The van der Waals surface area contributed by atoms with Gasteiger partial charge < -0.3 is 25.4 Å². The number of carbonyl (C=O) groups is 4. The van der Waals surface area contributed by atoms with Crippen LogP contribution in [-0.2, 0) is 14.4 Å². The maximum absolute atomic E-state index is 13.0. The number of carboxylic acid groups (broad SMARTS) is 1. The second-order valence-electron chi connectivity index (χ2n) is 5.93. The van der Waals surface area contributed by atoms with Gasteiger partial charge in [0, 0.05) is 20.0 Å². The van der Waals surface area contributed by atoms with Crippen molar-refractivity contribution in [2.24, 2.45) is 0 Å². The average Bonchev–Trinajstić information content (AvgIpc) is 2.58. The number of amides is 3. The van der Waals surface area contributed by atoms with E-state index in [1.54, 1.807) is 19.1 Å². The fourth-order valence-corrected chi connectivity index (χ4v) is 2.51. The van der Waals surface area contributed by atoms with Crippen LogP contribution in [-0.4, -0.2) is 58.9 Å². The van der Waals surface area contributed by atoms with Crippen LogP contribution in [0.5, 0.6) is 5.75 Å². The van der Waals surface area contributed by atoms with Crippen molar-refractivity contribution in [1.29, 1.82) is 0 Å². The van der Waals surface area contributed by atoms with E-state index in [1.165, 1.54) is 19.9 Å². The molecule has 1 aromatic rings. The average molecular weight is 363 g/mol. The Bertz CT molecular complexity index is 748. The smallest absolute Gasteiger partial charge is 0.326 e. The van der Waals surface area contributed by atoms with E-state index in [2.05, 4.69) is 10.6 Å². The minimum Gasteiger partial charge on any atom is -0.480 e. The molecule has 26 heavy (non-hydrogen) atoms. The number of ether oxygens (including phenoxy) is 1. The number of benzene rings is 1. The number of carboxylic acids is 1. The molecule has 3 N–H and O–H groups in total. The molecule has 1 aliphatic heterocycles. The number of nitrogens with zero attached hydrogens (tertiary/aromatic N) is 1. The van der Waals surface area contributed by atoms with Crippen molar-refractivity contribution < 1.29 is 29.0 Å². The number of para-hydroxylation sites is 1. The predicted octanol–water partition coefficient (Wildman–Crippen LogP) is 0.457. The molecule has 1 heterocycles.